The van der Waals surface area contributed by atoms with Gasteiger partial charge in [-0.2, -0.15) is 0 Å². The molecule has 2 aromatic rings. The Morgan fingerprint density at radius 1 is 1.28 bits per heavy atom. The van der Waals surface area contributed by atoms with E-state index in [2.05, 4.69) is 16.4 Å². The van der Waals surface area contributed by atoms with Crippen LogP contribution in [0, 0.1) is 5.92 Å². The van der Waals surface area contributed by atoms with Gasteiger partial charge in [0.2, 0.25) is 0 Å². The Kier molecular flexibility index (Phi) is 3.07. The Bertz CT molecular complexity index is 574. The minimum absolute atomic E-state index is 0.115. The molecule has 1 atom stereocenters. The van der Waals surface area contributed by atoms with E-state index in [1.54, 1.807) is 0 Å². The van der Waals surface area contributed by atoms with Gasteiger partial charge in [0.25, 0.3) is 0 Å². The number of ketones is 1. The van der Waals surface area contributed by atoms with E-state index in [1.807, 2.05) is 30.5 Å². The molecule has 1 fully saturated rings. The molecule has 1 unspecified atom stereocenters. The third-order valence-electron chi connectivity index (χ3n) is 3.60. The topological polar surface area (TPSA) is 42.0 Å². The maximum absolute atomic E-state index is 11.9. The minimum Gasteiger partial charge on any atom is -0.316 e. The lowest BCUT2D eigenvalue weighted by Gasteiger charge is -2.22. The summed E-state index contributed by atoms with van der Waals surface area (Å²) in [5.74, 6) is 0.499. The maximum atomic E-state index is 11.9. The highest BCUT2D eigenvalue weighted by Crippen LogP contribution is 2.21. The number of aromatic nitrogens is 1. The highest BCUT2D eigenvalue weighted by atomic mass is 16.1. The number of rotatable bonds is 2. The van der Waals surface area contributed by atoms with Crippen molar-refractivity contribution in [3.05, 3.63) is 42.1 Å². The van der Waals surface area contributed by atoms with Gasteiger partial charge in [0.1, 0.15) is 5.78 Å². The summed E-state index contributed by atoms with van der Waals surface area (Å²) in [4.78, 5) is 16.2. The molecule has 1 N–H and O–H groups in total. The Labute approximate surface area is 106 Å². The molecule has 1 aliphatic rings. The van der Waals surface area contributed by atoms with Gasteiger partial charge < -0.3 is 5.32 Å². The van der Waals surface area contributed by atoms with Crippen molar-refractivity contribution in [2.75, 3.05) is 13.1 Å². The molecule has 1 aromatic heterocycles. The number of fused-ring (bicyclic) bond motifs is 1. The number of hydrogen-bond acceptors (Lipinski definition) is 3. The first-order chi connectivity index (χ1) is 8.84. The van der Waals surface area contributed by atoms with Crippen LogP contribution in [0.5, 0.6) is 0 Å². The number of para-hydroxylation sites is 1. The Morgan fingerprint density at radius 3 is 3.06 bits per heavy atom. The number of nitrogens with zero attached hydrogens (tertiary/aromatic N) is 1. The molecular weight excluding hydrogens is 224 g/mol. The van der Waals surface area contributed by atoms with Crippen LogP contribution < -0.4 is 5.32 Å². The second-order valence-corrected chi connectivity index (χ2v) is 4.81. The first-order valence-electron chi connectivity index (χ1n) is 6.40. The number of Topliss-reactive ketones (excluding diaryl/α,β-unsaturated/α-hetero) is 1. The van der Waals surface area contributed by atoms with Gasteiger partial charge >= 0.3 is 0 Å². The minimum atomic E-state index is 0.115. The molecule has 0 radical (unpaired) electrons. The summed E-state index contributed by atoms with van der Waals surface area (Å²) in [5.41, 5.74) is 2.23. The molecule has 3 heteroatoms. The Balaban J connectivity index is 1.92. The van der Waals surface area contributed by atoms with Gasteiger partial charge in [0.15, 0.2) is 0 Å². The van der Waals surface area contributed by atoms with Gasteiger partial charge in [-0.1, -0.05) is 18.2 Å². The average Bonchev–Trinajstić information content (AvgIpc) is 2.42. The van der Waals surface area contributed by atoms with Crippen molar-refractivity contribution in [2.45, 2.75) is 12.8 Å². The third kappa shape index (κ3) is 2.14. The standard InChI is InChI=1S/C15H16N2O/c18-15-6-7-16-10-12(15)9-11-5-8-17-14-4-2-1-3-13(11)14/h1-5,8,12,16H,6-7,9-10H2. The summed E-state index contributed by atoms with van der Waals surface area (Å²) < 4.78 is 0. The lowest BCUT2D eigenvalue weighted by Crippen LogP contribution is -2.37. The fourth-order valence-electron chi connectivity index (χ4n) is 2.59. The number of carbonyl (C=O) groups excluding carboxylic acids is 1. The van der Waals surface area contributed by atoms with Gasteiger partial charge in [-0.05, 0) is 24.1 Å². The highest BCUT2D eigenvalue weighted by molar-refractivity contribution is 5.85. The van der Waals surface area contributed by atoms with E-state index in [9.17, 15) is 4.79 Å². The van der Waals surface area contributed by atoms with Gasteiger partial charge in [-0.25, -0.2) is 0 Å². The molecule has 0 spiro atoms. The van der Waals surface area contributed by atoms with E-state index < -0.39 is 0 Å². The molecule has 3 nitrogen and oxygen atoms in total. The van der Waals surface area contributed by atoms with Crippen molar-refractivity contribution in [3.63, 3.8) is 0 Å². The quantitative estimate of drug-likeness (QED) is 0.872. The summed E-state index contributed by atoms with van der Waals surface area (Å²) in [6, 6.07) is 10.1. The third-order valence-corrected chi connectivity index (χ3v) is 3.60. The molecule has 0 bridgehead atoms. The molecule has 2 heterocycles. The van der Waals surface area contributed by atoms with Crippen molar-refractivity contribution in [1.82, 2.24) is 10.3 Å². The summed E-state index contributed by atoms with van der Waals surface area (Å²) in [7, 11) is 0. The van der Waals surface area contributed by atoms with E-state index in [1.165, 1.54) is 10.9 Å². The zero-order chi connectivity index (χ0) is 12.4. The fourth-order valence-corrected chi connectivity index (χ4v) is 2.59. The van der Waals surface area contributed by atoms with Crippen LogP contribution in [0.15, 0.2) is 36.5 Å². The zero-order valence-electron chi connectivity index (χ0n) is 10.2. The Morgan fingerprint density at radius 2 is 2.17 bits per heavy atom. The van der Waals surface area contributed by atoms with E-state index in [0.29, 0.717) is 12.2 Å². The van der Waals surface area contributed by atoms with Crippen LogP contribution in [0.1, 0.15) is 12.0 Å². The lowest BCUT2D eigenvalue weighted by molar-refractivity contribution is -0.123. The first-order valence-corrected chi connectivity index (χ1v) is 6.40. The van der Waals surface area contributed by atoms with Crippen LogP contribution in [0.2, 0.25) is 0 Å². The highest BCUT2D eigenvalue weighted by Gasteiger charge is 2.22. The van der Waals surface area contributed by atoms with E-state index >= 15 is 0 Å². The summed E-state index contributed by atoms with van der Waals surface area (Å²) in [5, 5.41) is 4.46. The van der Waals surface area contributed by atoms with Gasteiger partial charge in [0, 0.05) is 37.0 Å². The smallest absolute Gasteiger partial charge is 0.138 e. The number of benzene rings is 1. The average molecular weight is 240 g/mol. The monoisotopic (exact) mass is 240 g/mol. The zero-order valence-corrected chi connectivity index (χ0v) is 10.2. The molecule has 0 aliphatic carbocycles. The number of hydrogen-bond donors (Lipinski definition) is 1. The molecule has 1 aliphatic heterocycles. The van der Waals surface area contributed by atoms with E-state index in [0.717, 1.165) is 25.0 Å². The second-order valence-electron chi connectivity index (χ2n) is 4.81. The van der Waals surface area contributed by atoms with Crippen LogP contribution in [0.25, 0.3) is 10.9 Å². The fraction of sp³-hybridized carbons (Fsp3) is 0.333. The SMILES string of the molecule is O=C1CCNCC1Cc1ccnc2ccccc12. The molecule has 0 amide bonds. The van der Waals surface area contributed by atoms with Crippen LogP contribution in [-0.2, 0) is 11.2 Å². The van der Waals surface area contributed by atoms with Gasteiger partial charge in [0.05, 0.1) is 5.52 Å². The molecule has 1 saturated heterocycles. The molecule has 92 valence electrons. The van der Waals surface area contributed by atoms with Crippen molar-refractivity contribution in [2.24, 2.45) is 5.92 Å². The van der Waals surface area contributed by atoms with E-state index in [-0.39, 0.29) is 5.92 Å². The number of pyridine rings is 1. The van der Waals surface area contributed by atoms with Crippen molar-refractivity contribution in [3.8, 4) is 0 Å². The number of piperidine rings is 1. The van der Waals surface area contributed by atoms with Crippen molar-refractivity contribution < 1.29 is 4.79 Å². The summed E-state index contributed by atoms with van der Waals surface area (Å²) >= 11 is 0. The molecule has 1 aromatic carbocycles. The molecule has 18 heavy (non-hydrogen) atoms. The van der Waals surface area contributed by atoms with E-state index in [4.69, 9.17) is 0 Å². The van der Waals surface area contributed by atoms with Gasteiger partial charge in [-0.3, -0.25) is 9.78 Å². The van der Waals surface area contributed by atoms with Crippen LogP contribution in [0.4, 0.5) is 0 Å². The second kappa shape index (κ2) is 4.86. The summed E-state index contributed by atoms with van der Waals surface area (Å²) in [6.07, 6.45) is 3.31. The molecule has 3 rings (SSSR count). The molecule has 0 saturated carbocycles. The van der Waals surface area contributed by atoms with Crippen LogP contribution >= 0.6 is 0 Å². The molecular formula is C15H16N2O. The van der Waals surface area contributed by atoms with Gasteiger partial charge in [-0.15, -0.1) is 0 Å². The first kappa shape index (κ1) is 11.4. The Hall–Kier alpha value is -1.74. The van der Waals surface area contributed by atoms with Crippen LogP contribution in [0.3, 0.4) is 0 Å². The number of carbonyl (C=O) groups is 1. The lowest BCUT2D eigenvalue weighted by atomic mass is 9.90. The number of nitrogens with one attached hydrogen (secondary N) is 1. The predicted molar refractivity (Wildman–Crippen MR) is 71.4 cm³/mol. The predicted octanol–water partition coefficient (Wildman–Crippen LogP) is 1.96. The van der Waals surface area contributed by atoms with Crippen molar-refractivity contribution >= 4 is 16.7 Å². The maximum Gasteiger partial charge on any atom is 0.138 e. The van der Waals surface area contributed by atoms with Crippen molar-refractivity contribution in [1.29, 1.82) is 0 Å². The normalized spacial score (nSPS) is 20.2. The largest absolute Gasteiger partial charge is 0.316 e. The summed E-state index contributed by atoms with van der Waals surface area (Å²) in [6.45, 7) is 1.63. The van der Waals surface area contributed by atoms with Crippen LogP contribution in [-0.4, -0.2) is 23.9 Å².